The van der Waals surface area contributed by atoms with E-state index in [1.807, 2.05) is 0 Å². The van der Waals surface area contributed by atoms with Gasteiger partial charge in [0.15, 0.2) is 0 Å². The highest BCUT2D eigenvalue weighted by molar-refractivity contribution is 7.89. The normalized spacial score (nSPS) is 26.5. The first kappa shape index (κ1) is 17.7. The number of hydrogen-bond donors (Lipinski definition) is 3. The number of carbonyl (C=O) groups excluding carboxylic acids is 1. The van der Waals surface area contributed by atoms with Gasteiger partial charge in [0.2, 0.25) is 15.9 Å². The summed E-state index contributed by atoms with van der Waals surface area (Å²) in [6.07, 6.45) is 4.85. The van der Waals surface area contributed by atoms with Crippen molar-refractivity contribution in [2.24, 2.45) is 5.92 Å². The zero-order valence-electron chi connectivity index (χ0n) is 13.0. The van der Waals surface area contributed by atoms with Gasteiger partial charge in [0, 0.05) is 26.2 Å². The molecule has 2 aliphatic heterocycles. The third kappa shape index (κ3) is 6.20. The first-order valence-corrected chi connectivity index (χ1v) is 9.79. The monoisotopic (exact) mass is 333 g/mol. The third-order valence-corrected chi connectivity index (χ3v) is 5.49. The Balaban J connectivity index is 1.62. The summed E-state index contributed by atoms with van der Waals surface area (Å²) in [5.41, 5.74) is 0. The highest BCUT2D eigenvalue weighted by Crippen LogP contribution is 2.12. The lowest BCUT2D eigenvalue weighted by atomic mass is 9.99. The summed E-state index contributed by atoms with van der Waals surface area (Å²) < 4.78 is 31.9. The maximum absolute atomic E-state index is 11.9. The van der Waals surface area contributed by atoms with Crippen molar-refractivity contribution >= 4 is 15.9 Å². The molecule has 0 bridgehead atoms. The molecule has 0 saturated carbocycles. The maximum atomic E-state index is 11.9. The summed E-state index contributed by atoms with van der Waals surface area (Å²) >= 11 is 0. The minimum atomic E-state index is -3.37. The molecule has 0 spiro atoms. The Morgan fingerprint density at radius 2 is 2.09 bits per heavy atom. The van der Waals surface area contributed by atoms with E-state index in [2.05, 4.69) is 15.4 Å². The largest absolute Gasteiger partial charge is 0.377 e. The lowest BCUT2D eigenvalue weighted by Crippen LogP contribution is -2.43. The number of piperidine rings is 1. The molecule has 0 aromatic heterocycles. The Kier molecular flexibility index (Phi) is 7.07. The number of ether oxygens (including phenoxy) is 1. The molecular weight excluding hydrogens is 306 g/mol. The van der Waals surface area contributed by atoms with E-state index in [0.717, 1.165) is 38.6 Å². The molecule has 0 aliphatic carbocycles. The van der Waals surface area contributed by atoms with Crippen LogP contribution in [0.5, 0.6) is 0 Å². The van der Waals surface area contributed by atoms with Crippen molar-refractivity contribution in [3.63, 3.8) is 0 Å². The Hall–Kier alpha value is -0.700. The summed E-state index contributed by atoms with van der Waals surface area (Å²) in [7, 11) is -3.37. The second-order valence-corrected chi connectivity index (χ2v) is 7.92. The second kappa shape index (κ2) is 8.81. The van der Waals surface area contributed by atoms with Crippen LogP contribution >= 0.6 is 0 Å². The topological polar surface area (TPSA) is 96.5 Å². The quantitative estimate of drug-likeness (QED) is 0.589. The summed E-state index contributed by atoms with van der Waals surface area (Å²) in [5, 5.41) is 5.89. The van der Waals surface area contributed by atoms with Crippen molar-refractivity contribution in [1.82, 2.24) is 15.4 Å². The van der Waals surface area contributed by atoms with Crippen LogP contribution in [0.25, 0.3) is 0 Å². The van der Waals surface area contributed by atoms with E-state index in [1.165, 1.54) is 0 Å². The molecule has 3 N–H and O–H groups in total. The zero-order valence-corrected chi connectivity index (χ0v) is 13.8. The van der Waals surface area contributed by atoms with Gasteiger partial charge < -0.3 is 15.4 Å². The number of amides is 1. The van der Waals surface area contributed by atoms with Crippen LogP contribution in [-0.4, -0.2) is 59.0 Å². The van der Waals surface area contributed by atoms with Gasteiger partial charge in [-0.25, -0.2) is 13.1 Å². The molecule has 0 aromatic rings. The number of carbonyl (C=O) groups is 1. The molecule has 2 heterocycles. The van der Waals surface area contributed by atoms with E-state index in [1.54, 1.807) is 0 Å². The van der Waals surface area contributed by atoms with Gasteiger partial charge in [-0.05, 0) is 38.6 Å². The van der Waals surface area contributed by atoms with E-state index in [-0.39, 0.29) is 30.2 Å². The van der Waals surface area contributed by atoms with Crippen molar-refractivity contribution < 1.29 is 17.9 Å². The Morgan fingerprint density at radius 1 is 1.23 bits per heavy atom. The van der Waals surface area contributed by atoms with E-state index in [4.69, 9.17) is 4.74 Å². The molecule has 0 aromatic carbocycles. The molecule has 22 heavy (non-hydrogen) atoms. The van der Waals surface area contributed by atoms with Gasteiger partial charge >= 0.3 is 0 Å². The van der Waals surface area contributed by atoms with Gasteiger partial charge in [0.1, 0.15) is 0 Å². The molecule has 2 rings (SSSR count). The smallest absolute Gasteiger partial charge is 0.224 e. The lowest BCUT2D eigenvalue weighted by Gasteiger charge is -2.23. The van der Waals surface area contributed by atoms with Crippen LogP contribution < -0.4 is 15.4 Å². The van der Waals surface area contributed by atoms with Crippen molar-refractivity contribution in [3.8, 4) is 0 Å². The molecule has 2 saturated heterocycles. The minimum Gasteiger partial charge on any atom is -0.377 e. The first-order chi connectivity index (χ1) is 10.6. The zero-order chi connectivity index (χ0) is 15.8. The average Bonchev–Trinajstić information content (AvgIpc) is 2.55. The molecular formula is C14H27N3O4S. The van der Waals surface area contributed by atoms with Crippen molar-refractivity contribution in [2.75, 3.05) is 38.5 Å². The number of rotatable bonds is 7. The maximum Gasteiger partial charge on any atom is 0.224 e. The standard InChI is InChI=1S/C14H27N3O4S/c18-14(12-4-3-6-15-10-12)16-7-9-22(19,20)17-11-13-5-1-2-8-21-13/h12-13,15,17H,1-11H2,(H,16,18). The highest BCUT2D eigenvalue weighted by Gasteiger charge is 2.21. The molecule has 2 aliphatic rings. The fourth-order valence-electron chi connectivity index (χ4n) is 2.79. The summed E-state index contributed by atoms with van der Waals surface area (Å²) in [4.78, 5) is 11.9. The molecule has 128 valence electrons. The fraction of sp³-hybridized carbons (Fsp3) is 0.929. The van der Waals surface area contributed by atoms with E-state index < -0.39 is 10.0 Å². The van der Waals surface area contributed by atoms with Crippen LogP contribution in [0.1, 0.15) is 32.1 Å². The predicted octanol–water partition coefficient (Wildman–Crippen LogP) is -0.409. The van der Waals surface area contributed by atoms with Gasteiger partial charge in [-0.1, -0.05) is 0 Å². The molecule has 7 nitrogen and oxygen atoms in total. The van der Waals surface area contributed by atoms with E-state index >= 15 is 0 Å². The predicted molar refractivity (Wildman–Crippen MR) is 84.0 cm³/mol. The fourth-order valence-corrected chi connectivity index (χ4v) is 3.74. The second-order valence-electron chi connectivity index (χ2n) is 5.99. The van der Waals surface area contributed by atoms with Gasteiger partial charge in [-0.2, -0.15) is 0 Å². The van der Waals surface area contributed by atoms with Gasteiger partial charge in [-0.3, -0.25) is 4.79 Å². The summed E-state index contributed by atoms with van der Waals surface area (Å²) in [5.74, 6) is -0.191. The van der Waals surface area contributed by atoms with Crippen molar-refractivity contribution in [1.29, 1.82) is 0 Å². The van der Waals surface area contributed by atoms with E-state index in [0.29, 0.717) is 19.7 Å². The van der Waals surface area contributed by atoms with Gasteiger partial charge in [0.25, 0.3) is 0 Å². The number of nitrogens with one attached hydrogen (secondary N) is 3. The Labute approximate surface area is 132 Å². The Bertz CT molecular complexity index is 443. The van der Waals surface area contributed by atoms with Crippen LogP contribution in [-0.2, 0) is 19.6 Å². The van der Waals surface area contributed by atoms with Crippen LogP contribution in [0.2, 0.25) is 0 Å². The van der Waals surface area contributed by atoms with Crippen molar-refractivity contribution in [2.45, 2.75) is 38.2 Å². The average molecular weight is 333 g/mol. The van der Waals surface area contributed by atoms with Gasteiger partial charge in [0.05, 0.1) is 17.8 Å². The number of sulfonamides is 1. The molecule has 2 atom stereocenters. The van der Waals surface area contributed by atoms with E-state index in [9.17, 15) is 13.2 Å². The lowest BCUT2D eigenvalue weighted by molar-refractivity contribution is -0.125. The summed E-state index contributed by atoms with van der Waals surface area (Å²) in [6, 6.07) is 0. The SMILES string of the molecule is O=C(NCCS(=O)(=O)NCC1CCCCO1)C1CCCNC1. The first-order valence-electron chi connectivity index (χ1n) is 8.14. The Morgan fingerprint density at radius 3 is 2.77 bits per heavy atom. The molecule has 8 heteroatoms. The minimum absolute atomic E-state index is 0.0218. The molecule has 0 radical (unpaired) electrons. The molecule has 1 amide bonds. The van der Waals surface area contributed by atoms with Crippen LogP contribution in [0, 0.1) is 5.92 Å². The van der Waals surface area contributed by atoms with Crippen LogP contribution in [0.4, 0.5) is 0 Å². The highest BCUT2D eigenvalue weighted by atomic mass is 32.2. The van der Waals surface area contributed by atoms with Crippen LogP contribution in [0.15, 0.2) is 0 Å². The van der Waals surface area contributed by atoms with Crippen LogP contribution in [0.3, 0.4) is 0 Å². The third-order valence-electron chi connectivity index (χ3n) is 4.14. The molecule has 2 unspecified atom stereocenters. The number of hydrogen-bond acceptors (Lipinski definition) is 5. The van der Waals surface area contributed by atoms with Gasteiger partial charge in [-0.15, -0.1) is 0 Å². The summed E-state index contributed by atoms with van der Waals surface area (Å²) in [6.45, 7) is 2.80. The van der Waals surface area contributed by atoms with Crippen molar-refractivity contribution in [3.05, 3.63) is 0 Å². The molecule has 2 fully saturated rings.